The molecule has 1 fully saturated rings. The molecule has 26 heavy (non-hydrogen) atoms. The quantitative estimate of drug-likeness (QED) is 0.823. The zero-order valence-corrected chi connectivity index (χ0v) is 15.4. The van der Waals surface area contributed by atoms with E-state index in [0.717, 1.165) is 25.3 Å². The van der Waals surface area contributed by atoms with Gasteiger partial charge in [0.05, 0.1) is 7.11 Å². The maximum absolute atomic E-state index is 14.1. The highest BCUT2D eigenvalue weighted by Crippen LogP contribution is 2.31. The Labute approximate surface area is 154 Å². The van der Waals surface area contributed by atoms with Crippen molar-refractivity contribution in [1.82, 2.24) is 14.9 Å². The van der Waals surface area contributed by atoms with Gasteiger partial charge in [0.2, 0.25) is 0 Å². The summed E-state index contributed by atoms with van der Waals surface area (Å²) in [6.07, 6.45) is 9.29. The number of rotatable bonds is 4. The van der Waals surface area contributed by atoms with Crippen LogP contribution < -0.4 is 4.74 Å². The van der Waals surface area contributed by atoms with Crippen LogP contribution in [-0.2, 0) is 19.5 Å². The first-order chi connectivity index (χ1) is 12.7. The molecule has 1 aromatic heterocycles. The summed E-state index contributed by atoms with van der Waals surface area (Å²) in [4.78, 5) is 11.8. The van der Waals surface area contributed by atoms with Crippen molar-refractivity contribution in [2.24, 2.45) is 0 Å². The van der Waals surface area contributed by atoms with Gasteiger partial charge in [-0.3, -0.25) is 4.90 Å². The highest BCUT2D eigenvalue weighted by atomic mass is 19.1. The summed E-state index contributed by atoms with van der Waals surface area (Å²) >= 11 is 0. The van der Waals surface area contributed by atoms with Crippen LogP contribution in [0.1, 0.15) is 60.7 Å². The van der Waals surface area contributed by atoms with Gasteiger partial charge in [-0.05, 0) is 31.0 Å². The van der Waals surface area contributed by atoms with Gasteiger partial charge in [0.25, 0.3) is 0 Å². The number of halogens is 1. The highest BCUT2D eigenvalue weighted by molar-refractivity contribution is 5.30. The lowest BCUT2D eigenvalue weighted by Gasteiger charge is -2.29. The molecule has 0 saturated heterocycles. The Hall–Kier alpha value is -2.01. The number of fused-ring (bicyclic) bond motifs is 1. The van der Waals surface area contributed by atoms with Crippen LogP contribution in [-0.4, -0.2) is 28.5 Å². The average molecular weight is 355 g/mol. The van der Waals surface area contributed by atoms with Crippen LogP contribution in [0.4, 0.5) is 4.39 Å². The van der Waals surface area contributed by atoms with E-state index in [4.69, 9.17) is 9.72 Å². The molecule has 2 heterocycles. The van der Waals surface area contributed by atoms with Gasteiger partial charge in [0.15, 0.2) is 0 Å². The van der Waals surface area contributed by atoms with E-state index in [1.54, 1.807) is 19.2 Å². The predicted molar refractivity (Wildman–Crippen MR) is 98.6 cm³/mol. The van der Waals surface area contributed by atoms with Crippen LogP contribution in [0.25, 0.3) is 0 Å². The molecule has 1 saturated carbocycles. The van der Waals surface area contributed by atoms with Crippen LogP contribution in [0, 0.1) is 5.82 Å². The molecule has 0 atom stereocenters. The highest BCUT2D eigenvalue weighted by Gasteiger charge is 2.23. The van der Waals surface area contributed by atoms with Gasteiger partial charge in [-0.1, -0.05) is 19.3 Å². The average Bonchev–Trinajstić information content (AvgIpc) is 2.70. The van der Waals surface area contributed by atoms with E-state index in [1.165, 1.54) is 49.4 Å². The molecular weight excluding hydrogens is 329 g/mol. The lowest BCUT2D eigenvalue weighted by atomic mass is 9.88. The minimum atomic E-state index is -0.180. The molecule has 0 N–H and O–H groups in total. The molecule has 0 radical (unpaired) electrons. The number of hydrogen-bond acceptors (Lipinski definition) is 4. The molecule has 0 bridgehead atoms. The summed E-state index contributed by atoms with van der Waals surface area (Å²) in [5.74, 6) is 2.09. The number of benzene rings is 1. The molecule has 2 aliphatic rings. The Morgan fingerprint density at radius 2 is 2.08 bits per heavy atom. The van der Waals surface area contributed by atoms with E-state index in [9.17, 15) is 4.39 Å². The Kier molecular flexibility index (Phi) is 5.16. The molecule has 0 unspecified atom stereocenters. The number of hydrogen-bond donors (Lipinski definition) is 0. The largest absolute Gasteiger partial charge is 0.497 e. The standard InChI is InChI=1S/C21H26FN3O/c1-26-18-7-8-19(22)16(11-18)13-25-10-9-20-17(14-25)12-23-21(24-20)15-5-3-2-4-6-15/h7-8,11-12,15H,2-6,9-10,13-14H2,1H3. The van der Waals surface area contributed by atoms with Crippen molar-refractivity contribution in [3.63, 3.8) is 0 Å². The number of nitrogens with zero attached hydrogens (tertiary/aromatic N) is 3. The fraction of sp³-hybridized carbons (Fsp3) is 0.524. The molecule has 0 spiro atoms. The fourth-order valence-corrected chi connectivity index (χ4v) is 4.12. The molecule has 0 amide bonds. The molecule has 4 nitrogen and oxygen atoms in total. The van der Waals surface area contributed by atoms with Crippen molar-refractivity contribution < 1.29 is 9.13 Å². The Morgan fingerprint density at radius 1 is 1.23 bits per heavy atom. The summed E-state index contributed by atoms with van der Waals surface area (Å²) < 4.78 is 19.3. The molecule has 1 aliphatic heterocycles. The second-order valence-corrected chi connectivity index (χ2v) is 7.45. The fourth-order valence-electron chi connectivity index (χ4n) is 4.12. The minimum Gasteiger partial charge on any atom is -0.497 e. The topological polar surface area (TPSA) is 38.2 Å². The summed E-state index contributed by atoms with van der Waals surface area (Å²) in [5, 5.41) is 0. The summed E-state index contributed by atoms with van der Waals surface area (Å²) in [7, 11) is 1.61. The molecular formula is C21H26FN3O. The summed E-state index contributed by atoms with van der Waals surface area (Å²) in [6.45, 7) is 2.24. The molecule has 1 aromatic carbocycles. The minimum absolute atomic E-state index is 0.180. The van der Waals surface area contributed by atoms with E-state index < -0.39 is 0 Å². The second-order valence-electron chi connectivity index (χ2n) is 7.45. The van der Waals surface area contributed by atoms with Gasteiger partial charge in [0.1, 0.15) is 17.4 Å². The zero-order valence-electron chi connectivity index (χ0n) is 15.4. The van der Waals surface area contributed by atoms with Crippen LogP contribution in [0.2, 0.25) is 0 Å². The SMILES string of the molecule is COc1ccc(F)c(CN2CCc3nc(C4CCCCC4)ncc3C2)c1. The van der Waals surface area contributed by atoms with Crippen LogP contribution in [0.15, 0.2) is 24.4 Å². The number of methoxy groups -OCH3 is 1. The van der Waals surface area contributed by atoms with E-state index in [0.29, 0.717) is 23.8 Å². The smallest absolute Gasteiger partial charge is 0.131 e. The first-order valence-electron chi connectivity index (χ1n) is 9.62. The molecule has 4 rings (SSSR count). The van der Waals surface area contributed by atoms with Crippen molar-refractivity contribution in [2.45, 2.75) is 57.5 Å². The van der Waals surface area contributed by atoms with Crippen molar-refractivity contribution in [3.8, 4) is 5.75 Å². The Morgan fingerprint density at radius 3 is 2.88 bits per heavy atom. The lowest BCUT2D eigenvalue weighted by molar-refractivity contribution is 0.238. The van der Waals surface area contributed by atoms with Gasteiger partial charge in [-0.15, -0.1) is 0 Å². The first kappa shape index (κ1) is 17.4. The van der Waals surface area contributed by atoms with Gasteiger partial charge in [-0.25, -0.2) is 14.4 Å². The number of aromatic nitrogens is 2. The van der Waals surface area contributed by atoms with E-state index in [1.807, 2.05) is 6.20 Å². The third kappa shape index (κ3) is 3.73. The summed E-state index contributed by atoms with van der Waals surface area (Å²) in [5.41, 5.74) is 3.04. The van der Waals surface area contributed by atoms with Crippen LogP contribution in [0.5, 0.6) is 5.75 Å². The molecule has 5 heteroatoms. The Balaban J connectivity index is 1.46. The van der Waals surface area contributed by atoms with Crippen molar-refractivity contribution in [1.29, 1.82) is 0 Å². The van der Waals surface area contributed by atoms with Gasteiger partial charge in [0, 0.05) is 55.0 Å². The lowest BCUT2D eigenvalue weighted by Crippen LogP contribution is -2.31. The van der Waals surface area contributed by atoms with Gasteiger partial charge >= 0.3 is 0 Å². The maximum Gasteiger partial charge on any atom is 0.131 e. The third-order valence-corrected chi connectivity index (χ3v) is 5.65. The molecule has 1 aliphatic carbocycles. The van der Waals surface area contributed by atoms with Gasteiger partial charge in [-0.2, -0.15) is 0 Å². The van der Waals surface area contributed by atoms with E-state index in [2.05, 4.69) is 9.88 Å². The van der Waals surface area contributed by atoms with Crippen molar-refractivity contribution >= 4 is 0 Å². The van der Waals surface area contributed by atoms with E-state index in [-0.39, 0.29) is 5.82 Å². The van der Waals surface area contributed by atoms with Crippen LogP contribution in [0.3, 0.4) is 0 Å². The van der Waals surface area contributed by atoms with E-state index >= 15 is 0 Å². The van der Waals surface area contributed by atoms with Gasteiger partial charge < -0.3 is 4.74 Å². The summed E-state index contributed by atoms with van der Waals surface area (Å²) in [6, 6.07) is 4.92. The van der Waals surface area contributed by atoms with Crippen LogP contribution >= 0.6 is 0 Å². The Bertz CT molecular complexity index is 774. The van der Waals surface area contributed by atoms with Crippen molar-refractivity contribution in [3.05, 3.63) is 52.9 Å². The molecule has 138 valence electrons. The second kappa shape index (κ2) is 7.70. The number of ether oxygens (including phenoxy) is 1. The predicted octanol–water partition coefficient (Wildman–Crippen LogP) is 4.23. The first-order valence-corrected chi connectivity index (χ1v) is 9.62. The molecule has 2 aromatic rings. The zero-order chi connectivity index (χ0) is 17.9. The normalized spacial score (nSPS) is 18.5. The third-order valence-electron chi connectivity index (χ3n) is 5.65. The maximum atomic E-state index is 14.1. The van der Waals surface area contributed by atoms with Crippen molar-refractivity contribution in [2.75, 3.05) is 13.7 Å². The monoisotopic (exact) mass is 355 g/mol.